The average molecular weight is 419 g/mol. The number of carbonyl (C=O) groups is 3. The van der Waals surface area contributed by atoms with Gasteiger partial charge < -0.3 is 4.74 Å². The zero-order valence-electron chi connectivity index (χ0n) is 19.5. The molecule has 1 heterocycles. The fourth-order valence-electron chi connectivity index (χ4n) is 5.09. The highest BCUT2D eigenvalue weighted by molar-refractivity contribution is 5.94. The first-order valence-corrected chi connectivity index (χ1v) is 10.4. The molecule has 2 N–H and O–H groups in total. The summed E-state index contributed by atoms with van der Waals surface area (Å²) in [6.45, 7) is 14.9. The Morgan fingerprint density at radius 1 is 1.03 bits per heavy atom. The van der Waals surface area contributed by atoms with Crippen LogP contribution in [0, 0.1) is 0 Å². The van der Waals surface area contributed by atoms with E-state index in [-0.39, 0.29) is 16.2 Å². The van der Waals surface area contributed by atoms with Gasteiger partial charge in [0.25, 0.3) is 5.91 Å². The second kappa shape index (κ2) is 8.02. The van der Waals surface area contributed by atoms with Crippen LogP contribution < -0.4 is 15.3 Å². The van der Waals surface area contributed by atoms with E-state index in [1.54, 1.807) is 27.7 Å². The van der Waals surface area contributed by atoms with E-state index in [0.717, 1.165) is 5.69 Å². The highest BCUT2D eigenvalue weighted by Crippen LogP contribution is 2.52. The van der Waals surface area contributed by atoms with Crippen molar-refractivity contribution < 1.29 is 19.1 Å². The molecule has 7 nitrogen and oxygen atoms in total. The number of ether oxygens (including phenoxy) is 1. The number of hydrazine groups is 1. The van der Waals surface area contributed by atoms with Gasteiger partial charge in [-0.25, -0.2) is 10.2 Å². The lowest BCUT2D eigenvalue weighted by molar-refractivity contribution is -0.136. The van der Waals surface area contributed by atoms with Crippen LogP contribution >= 0.6 is 0 Å². The lowest BCUT2D eigenvalue weighted by Crippen LogP contribution is -2.77. The molecule has 2 unspecified atom stereocenters. The summed E-state index contributed by atoms with van der Waals surface area (Å²) < 4.78 is 5.39. The van der Waals surface area contributed by atoms with Crippen molar-refractivity contribution in [2.45, 2.75) is 91.0 Å². The van der Waals surface area contributed by atoms with Gasteiger partial charge in [0.1, 0.15) is 11.3 Å². The first kappa shape index (κ1) is 23.9. The predicted molar refractivity (Wildman–Crippen MR) is 118 cm³/mol. The minimum absolute atomic E-state index is 0.0386. The number of nitrogens with one attached hydrogen (secondary N) is 2. The Bertz CT molecular complexity index is 810. The number of benzene rings is 1. The fraction of sp³-hybridized carbons (Fsp3) is 0.609. The largest absolute Gasteiger partial charge is 0.443 e. The molecule has 1 fully saturated rings. The van der Waals surface area contributed by atoms with Crippen LogP contribution in [0.3, 0.4) is 0 Å². The van der Waals surface area contributed by atoms with E-state index >= 15 is 0 Å². The maximum absolute atomic E-state index is 13.4. The molecule has 0 saturated carbocycles. The minimum atomic E-state index is -0.784. The van der Waals surface area contributed by atoms with Crippen LogP contribution in [0.15, 0.2) is 30.3 Å². The summed E-state index contributed by atoms with van der Waals surface area (Å²) in [6.07, 6.45) is 0.361. The van der Waals surface area contributed by atoms with Crippen molar-refractivity contribution >= 4 is 23.5 Å². The second-order valence-electron chi connectivity index (χ2n) is 10.2. The molecule has 7 heteroatoms. The third-order valence-electron chi connectivity index (χ3n) is 6.12. The molecule has 1 aromatic rings. The summed E-state index contributed by atoms with van der Waals surface area (Å²) in [5.74, 6) is -0.304. The molecule has 1 aliphatic heterocycles. The number of para-hydroxylation sites is 1. The number of nitrogens with zero attached hydrogens (tertiary/aromatic N) is 1. The van der Waals surface area contributed by atoms with Crippen molar-refractivity contribution in [2.24, 2.45) is 0 Å². The zero-order valence-corrected chi connectivity index (χ0v) is 19.5. The van der Waals surface area contributed by atoms with Gasteiger partial charge in [0.15, 0.2) is 17.4 Å². The van der Waals surface area contributed by atoms with E-state index in [2.05, 4.69) is 10.9 Å². The van der Waals surface area contributed by atoms with E-state index in [0.29, 0.717) is 12.8 Å². The number of hydrogen-bond donors (Lipinski definition) is 2. The Morgan fingerprint density at radius 3 is 2.07 bits per heavy atom. The minimum Gasteiger partial charge on any atom is -0.443 e. The number of carbonyl (C=O) groups excluding carboxylic acids is 3. The summed E-state index contributed by atoms with van der Waals surface area (Å²) in [5, 5.41) is 0. The Labute approximate surface area is 179 Å². The van der Waals surface area contributed by atoms with Gasteiger partial charge in [-0.15, -0.1) is 0 Å². The third-order valence-corrected chi connectivity index (χ3v) is 6.12. The van der Waals surface area contributed by atoms with E-state index < -0.39 is 28.8 Å². The summed E-state index contributed by atoms with van der Waals surface area (Å²) >= 11 is 0. The standard InChI is InChI=1S/C23H35N3O4/c1-16(27)23(8)15-14-18(19(28)24-25-20(29)30-22(5,6)7)26(23,21(2,3)4)17-12-10-9-11-13-17/h9-13,18H,14-15H2,1-8H3,(H-,24,25,28,29)/p+1/t18?,23-,26?/m1/s1. The predicted octanol–water partition coefficient (Wildman–Crippen LogP) is 3.86. The van der Waals surface area contributed by atoms with Gasteiger partial charge in [-0.1, -0.05) is 18.2 Å². The summed E-state index contributed by atoms with van der Waals surface area (Å²) in [6, 6.07) is 9.15. The van der Waals surface area contributed by atoms with Crippen LogP contribution in [-0.2, 0) is 14.3 Å². The van der Waals surface area contributed by atoms with Gasteiger partial charge >= 0.3 is 6.09 Å². The van der Waals surface area contributed by atoms with E-state index in [1.807, 2.05) is 58.0 Å². The number of Topliss-reactive ketones (excluding diaryl/α,β-unsaturated/α-hetero) is 1. The molecule has 166 valence electrons. The van der Waals surface area contributed by atoms with Gasteiger partial charge in [-0.3, -0.25) is 19.5 Å². The van der Waals surface area contributed by atoms with Gasteiger partial charge in [-0.2, -0.15) is 0 Å². The molecule has 0 aromatic heterocycles. The topological polar surface area (TPSA) is 84.5 Å². The van der Waals surface area contributed by atoms with Gasteiger partial charge in [-0.05, 0) is 60.6 Å². The van der Waals surface area contributed by atoms with Gasteiger partial charge in [0.2, 0.25) is 0 Å². The quantitative estimate of drug-likeness (QED) is 0.577. The lowest BCUT2D eigenvalue weighted by atomic mass is 9.84. The SMILES string of the molecule is CC(=O)[C@@]1(C)CCC(C(=O)NNC(=O)OC(C)(C)C)[N+]1(c1ccccc1)C(C)(C)C. The Kier molecular flexibility index (Phi) is 6.38. The maximum atomic E-state index is 13.4. The molecule has 1 aromatic carbocycles. The number of amides is 2. The van der Waals surface area contributed by atoms with Crippen LogP contribution in [-0.4, -0.2) is 40.5 Å². The monoisotopic (exact) mass is 418 g/mol. The van der Waals surface area contributed by atoms with Gasteiger partial charge in [0.05, 0.1) is 5.54 Å². The van der Waals surface area contributed by atoms with Crippen LogP contribution in [0.4, 0.5) is 10.5 Å². The van der Waals surface area contributed by atoms with Crippen molar-refractivity contribution in [3.63, 3.8) is 0 Å². The molecular weight excluding hydrogens is 382 g/mol. The highest BCUT2D eigenvalue weighted by Gasteiger charge is 2.68. The lowest BCUT2D eigenvalue weighted by Gasteiger charge is -2.56. The average Bonchev–Trinajstić information content (AvgIpc) is 2.94. The highest BCUT2D eigenvalue weighted by atomic mass is 16.6. The van der Waals surface area contributed by atoms with E-state index in [1.165, 1.54) is 0 Å². The van der Waals surface area contributed by atoms with Crippen molar-refractivity contribution in [2.75, 3.05) is 0 Å². The van der Waals surface area contributed by atoms with Crippen LogP contribution in [0.5, 0.6) is 0 Å². The number of ketones is 1. The molecule has 0 radical (unpaired) electrons. The first-order valence-electron chi connectivity index (χ1n) is 10.4. The van der Waals surface area contributed by atoms with Crippen LogP contribution in [0.1, 0.15) is 68.2 Å². The Hall–Kier alpha value is -2.41. The van der Waals surface area contributed by atoms with Crippen molar-refractivity contribution in [1.82, 2.24) is 15.3 Å². The maximum Gasteiger partial charge on any atom is 0.426 e. The molecule has 0 aliphatic carbocycles. The number of quaternary nitrogens is 1. The third kappa shape index (κ3) is 4.08. The van der Waals surface area contributed by atoms with Crippen LogP contribution in [0.25, 0.3) is 0 Å². The van der Waals surface area contributed by atoms with E-state index in [4.69, 9.17) is 4.74 Å². The summed E-state index contributed by atoms with van der Waals surface area (Å²) in [4.78, 5) is 38.3. The molecular formula is C23H36N3O4+. The molecule has 3 atom stereocenters. The van der Waals surface area contributed by atoms with Gasteiger partial charge in [0, 0.05) is 19.8 Å². The molecule has 0 bridgehead atoms. The van der Waals surface area contributed by atoms with Crippen LogP contribution in [0.2, 0.25) is 0 Å². The normalized spacial score (nSPS) is 26.7. The molecule has 30 heavy (non-hydrogen) atoms. The van der Waals surface area contributed by atoms with E-state index in [9.17, 15) is 14.4 Å². The summed E-state index contributed by atoms with van der Waals surface area (Å²) in [5.41, 5.74) is 3.86. The molecule has 0 spiro atoms. The van der Waals surface area contributed by atoms with Crippen molar-refractivity contribution in [3.8, 4) is 0 Å². The molecule has 2 rings (SSSR count). The fourth-order valence-corrected chi connectivity index (χ4v) is 5.09. The van der Waals surface area contributed by atoms with Crippen molar-refractivity contribution in [3.05, 3.63) is 30.3 Å². The second-order valence-corrected chi connectivity index (χ2v) is 10.2. The number of likely N-dealkylation sites (tertiary alicyclic amines) is 1. The zero-order chi connectivity index (χ0) is 23.0. The molecule has 1 aliphatic rings. The molecule has 1 saturated heterocycles. The Morgan fingerprint density at radius 2 is 1.60 bits per heavy atom. The Balaban J connectivity index is 2.49. The number of hydrogen-bond acceptors (Lipinski definition) is 4. The first-order chi connectivity index (χ1) is 13.7. The number of rotatable bonds is 3. The summed E-state index contributed by atoms with van der Waals surface area (Å²) in [7, 11) is 0. The molecule has 2 amide bonds. The van der Waals surface area contributed by atoms with Crippen molar-refractivity contribution in [1.29, 1.82) is 0 Å². The smallest absolute Gasteiger partial charge is 0.426 e.